The van der Waals surface area contributed by atoms with Crippen LogP contribution in [0.5, 0.6) is 0 Å². The number of hydrogen-bond donors (Lipinski definition) is 0. The van der Waals surface area contributed by atoms with Crippen LogP contribution in [0.25, 0.3) is 0 Å². The molecule has 4 rings (SSSR count). The molecule has 2 aromatic rings. The number of carbonyl (C=O) groups excluding carboxylic acids is 2. The molecule has 0 N–H and O–H groups in total. The number of hydrogen-bond acceptors (Lipinski definition) is 5. The first-order chi connectivity index (χ1) is 12.9. The predicted molar refractivity (Wildman–Crippen MR) is 101 cm³/mol. The fourth-order valence-electron chi connectivity index (χ4n) is 3.83. The van der Waals surface area contributed by atoms with Crippen molar-refractivity contribution in [2.75, 3.05) is 32.8 Å². The van der Waals surface area contributed by atoms with E-state index >= 15 is 0 Å². The van der Waals surface area contributed by atoms with E-state index in [4.69, 9.17) is 4.74 Å². The summed E-state index contributed by atoms with van der Waals surface area (Å²) in [5, 5.41) is 0. The molecule has 0 bridgehead atoms. The molecule has 1 saturated heterocycles. The van der Waals surface area contributed by atoms with E-state index in [0.717, 1.165) is 38.7 Å². The number of carbonyl (C=O) groups is 2. The molecule has 0 saturated carbocycles. The lowest BCUT2D eigenvalue weighted by atomic mass is 9.90. The Balaban J connectivity index is 1.77. The number of imidazole rings is 1. The average molecular weight is 367 g/mol. The van der Waals surface area contributed by atoms with Crippen LogP contribution < -0.4 is 0 Å². The van der Waals surface area contributed by atoms with Crippen molar-refractivity contribution in [2.45, 2.75) is 32.7 Å². The first-order valence-corrected chi connectivity index (χ1v) is 9.47. The highest BCUT2D eigenvalue weighted by Gasteiger charge is 2.37. The highest BCUT2D eigenvalue weighted by molar-refractivity contribution is 6.27. The minimum atomic E-state index is -0.269. The molecule has 1 fully saturated rings. The number of fused-ring (bicyclic) bond motifs is 2. The summed E-state index contributed by atoms with van der Waals surface area (Å²) < 4.78 is 7.39. The first-order valence-electron chi connectivity index (χ1n) is 9.47. The van der Waals surface area contributed by atoms with Gasteiger partial charge in [0.1, 0.15) is 17.2 Å². The summed E-state index contributed by atoms with van der Waals surface area (Å²) in [5.74, 6) is 0.524. The van der Waals surface area contributed by atoms with Crippen LogP contribution in [0, 0.1) is 0 Å². The minimum absolute atomic E-state index is 0.106. The molecule has 1 aromatic carbocycles. The van der Waals surface area contributed by atoms with Crippen molar-refractivity contribution >= 4 is 11.6 Å². The van der Waals surface area contributed by atoms with Crippen molar-refractivity contribution in [1.82, 2.24) is 14.5 Å². The Morgan fingerprint density at radius 2 is 1.63 bits per heavy atom. The second kappa shape index (κ2) is 6.69. The smallest absolute Gasteiger partial charge is 0.214 e. The van der Waals surface area contributed by atoms with E-state index in [-0.39, 0.29) is 17.0 Å². The summed E-state index contributed by atoms with van der Waals surface area (Å²) in [6, 6.07) is 7.03. The number of morpholine rings is 1. The number of aromatic nitrogens is 2. The fraction of sp³-hybridized carbons (Fsp3) is 0.476. The highest BCUT2D eigenvalue weighted by Crippen LogP contribution is 2.31. The zero-order chi connectivity index (χ0) is 19.2. The maximum atomic E-state index is 13.2. The molecule has 2 heterocycles. The van der Waals surface area contributed by atoms with Crippen LogP contribution in [0.15, 0.2) is 24.3 Å². The molecular formula is C21H25N3O3. The van der Waals surface area contributed by atoms with Gasteiger partial charge in [-0.2, -0.15) is 0 Å². The van der Waals surface area contributed by atoms with Gasteiger partial charge < -0.3 is 9.30 Å². The van der Waals surface area contributed by atoms with Gasteiger partial charge in [-0.25, -0.2) is 4.98 Å². The highest BCUT2D eigenvalue weighted by atomic mass is 16.5. The van der Waals surface area contributed by atoms with Crippen LogP contribution in [-0.4, -0.2) is 58.9 Å². The van der Waals surface area contributed by atoms with Crippen LogP contribution in [-0.2, 0) is 16.7 Å². The van der Waals surface area contributed by atoms with Gasteiger partial charge in [0.05, 0.1) is 13.2 Å². The molecule has 0 spiro atoms. The number of ether oxygens (including phenoxy) is 1. The quantitative estimate of drug-likeness (QED) is 0.711. The third-order valence-corrected chi connectivity index (χ3v) is 5.23. The van der Waals surface area contributed by atoms with Crippen LogP contribution in [0.1, 0.15) is 58.7 Å². The van der Waals surface area contributed by atoms with Crippen LogP contribution in [0.2, 0.25) is 0 Å². The summed E-state index contributed by atoms with van der Waals surface area (Å²) in [7, 11) is 0. The van der Waals surface area contributed by atoms with Gasteiger partial charge in [-0.1, -0.05) is 45.0 Å². The van der Waals surface area contributed by atoms with Crippen molar-refractivity contribution in [3.05, 3.63) is 52.6 Å². The molecule has 0 unspecified atom stereocenters. The largest absolute Gasteiger partial charge is 0.379 e. The monoisotopic (exact) mass is 367 g/mol. The molecule has 6 nitrogen and oxygen atoms in total. The third kappa shape index (κ3) is 3.13. The Bertz CT molecular complexity index is 902. The van der Waals surface area contributed by atoms with Crippen LogP contribution in [0.3, 0.4) is 0 Å². The van der Waals surface area contributed by atoms with Gasteiger partial charge in [0.2, 0.25) is 11.6 Å². The van der Waals surface area contributed by atoms with E-state index in [1.165, 1.54) is 0 Å². The number of nitrogens with zero attached hydrogens (tertiary/aromatic N) is 3. The Labute approximate surface area is 159 Å². The molecule has 27 heavy (non-hydrogen) atoms. The summed E-state index contributed by atoms with van der Waals surface area (Å²) >= 11 is 0. The SMILES string of the molecule is CC(C)(C)c1nc2c(n1CCN1CCOCC1)C(=O)c1ccccc1C2=O. The van der Waals surface area contributed by atoms with Crippen LogP contribution in [0.4, 0.5) is 0 Å². The van der Waals surface area contributed by atoms with E-state index in [2.05, 4.69) is 30.7 Å². The minimum Gasteiger partial charge on any atom is -0.379 e. The van der Waals surface area contributed by atoms with Crippen molar-refractivity contribution in [3.63, 3.8) is 0 Å². The molecule has 0 atom stereocenters. The lowest BCUT2D eigenvalue weighted by Gasteiger charge is -2.28. The molecule has 2 aliphatic rings. The standard InChI is InChI=1S/C21H25N3O3/c1-21(2,3)20-22-16-17(24(20)9-8-23-10-12-27-13-11-23)19(26)15-7-5-4-6-14(15)18(16)25/h4-7H,8-13H2,1-3H3. The predicted octanol–water partition coefficient (Wildman–Crippen LogP) is 2.29. The van der Waals surface area contributed by atoms with E-state index in [1.54, 1.807) is 24.3 Å². The Morgan fingerprint density at radius 1 is 1.00 bits per heavy atom. The van der Waals surface area contributed by atoms with Gasteiger partial charge >= 0.3 is 0 Å². The summed E-state index contributed by atoms with van der Waals surface area (Å²) in [4.78, 5) is 33.2. The summed E-state index contributed by atoms with van der Waals surface area (Å²) in [5.41, 5.74) is 1.40. The summed E-state index contributed by atoms with van der Waals surface area (Å²) in [6.45, 7) is 10.9. The molecule has 6 heteroatoms. The normalized spacial score (nSPS) is 17.7. The van der Waals surface area contributed by atoms with Crippen LogP contribution >= 0.6 is 0 Å². The lowest BCUT2D eigenvalue weighted by Crippen LogP contribution is -2.39. The fourth-order valence-corrected chi connectivity index (χ4v) is 3.83. The number of rotatable bonds is 3. The zero-order valence-corrected chi connectivity index (χ0v) is 16.1. The first kappa shape index (κ1) is 18.1. The van der Waals surface area contributed by atoms with Gasteiger partial charge in [-0.05, 0) is 0 Å². The third-order valence-electron chi connectivity index (χ3n) is 5.23. The Morgan fingerprint density at radius 3 is 2.26 bits per heavy atom. The average Bonchev–Trinajstić information content (AvgIpc) is 3.06. The summed E-state index contributed by atoms with van der Waals surface area (Å²) in [6.07, 6.45) is 0. The van der Waals surface area contributed by atoms with Gasteiger partial charge in [-0.15, -0.1) is 0 Å². The second-order valence-electron chi connectivity index (χ2n) is 8.19. The Kier molecular flexibility index (Phi) is 4.48. The molecule has 1 aliphatic heterocycles. The molecule has 0 amide bonds. The molecule has 1 aliphatic carbocycles. The van der Waals surface area contributed by atoms with Gasteiger partial charge in [0.25, 0.3) is 0 Å². The van der Waals surface area contributed by atoms with E-state index in [0.29, 0.717) is 29.1 Å². The maximum absolute atomic E-state index is 13.2. The number of benzene rings is 1. The molecule has 142 valence electrons. The van der Waals surface area contributed by atoms with Gasteiger partial charge in [0.15, 0.2) is 0 Å². The van der Waals surface area contributed by atoms with Crippen molar-refractivity contribution in [3.8, 4) is 0 Å². The second-order valence-corrected chi connectivity index (χ2v) is 8.19. The molecule has 1 aromatic heterocycles. The lowest BCUT2D eigenvalue weighted by molar-refractivity contribution is 0.0361. The van der Waals surface area contributed by atoms with Gasteiger partial charge in [-0.3, -0.25) is 14.5 Å². The van der Waals surface area contributed by atoms with Gasteiger partial charge in [0, 0.05) is 42.7 Å². The zero-order valence-electron chi connectivity index (χ0n) is 16.1. The number of ketones is 2. The Hall–Kier alpha value is -2.31. The van der Waals surface area contributed by atoms with Crippen molar-refractivity contribution < 1.29 is 14.3 Å². The van der Waals surface area contributed by atoms with E-state index < -0.39 is 0 Å². The van der Waals surface area contributed by atoms with Crippen molar-refractivity contribution in [1.29, 1.82) is 0 Å². The maximum Gasteiger partial charge on any atom is 0.214 e. The molecule has 0 radical (unpaired) electrons. The van der Waals surface area contributed by atoms with E-state index in [9.17, 15) is 9.59 Å². The topological polar surface area (TPSA) is 64.4 Å². The van der Waals surface area contributed by atoms with E-state index in [1.807, 2.05) is 4.57 Å². The molecular weight excluding hydrogens is 342 g/mol. The van der Waals surface area contributed by atoms with Crippen molar-refractivity contribution in [2.24, 2.45) is 0 Å².